The number of rotatable bonds is 37. The SMILES string of the molecule is CC(C)(C)NCC(O)c1ccc(O)c(CO)c1.Cc1cc(C(=O)C(O)O)ccc1O.NCCCCC(CN)CCCN.OCc1cc(C(O)CNCCCCC(CCCNCC(O)c2ccc(O)c(CO)c2)CNCC(O)c2ccc(O)c(CO)c2)ccc1O.[B]C. The number of ketones is 1. The number of hydrogen-bond donors (Lipinski definition) is 22. The molecule has 0 saturated carbocycles. The summed E-state index contributed by atoms with van der Waals surface area (Å²) < 4.78 is 0. The summed E-state index contributed by atoms with van der Waals surface area (Å²) in [6.07, 6.45) is 5.40. The summed E-state index contributed by atoms with van der Waals surface area (Å²) in [5, 5.41) is 157. The summed E-state index contributed by atoms with van der Waals surface area (Å²) in [5.74, 6) is 0.308. The van der Waals surface area contributed by atoms with Gasteiger partial charge in [0.25, 0.3) is 0 Å². The summed E-state index contributed by atoms with van der Waals surface area (Å²) in [6, 6.07) is 22.9. The van der Waals surface area contributed by atoms with Crippen molar-refractivity contribution in [3.8, 4) is 28.7 Å². The highest BCUT2D eigenvalue weighted by Gasteiger charge is 2.18. The highest BCUT2D eigenvalue weighted by molar-refractivity contribution is 6.05. The van der Waals surface area contributed by atoms with Gasteiger partial charge in [-0.3, -0.25) is 4.79 Å². The zero-order valence-electron chi connectivity index (χ0n) is 54.6. The number of unbranched alkanes of at least 4 members (excludes halogenated alkanes) is 2. The lowest BCUT2D eigenvalue weighted by atomic mass is 9.96. The van der Waals surface area contributed by atoms with Crippen molar-refractivity contribution < 1.29 is 81.4 Å². The van der Waals surface area contributed by atoms with Crippen LogP contribution >= 0.6 is 0 Å². The Morgan fingerprint density at radius 3 is 1.18 bits per heavy atom. The monoisotopic (exact) mass is 1290 g/mol. The van der Waals surface area contributed by atoms with Crippen LogP contribution in [-0.4, -0.2) is 168 Å². The third kappa shape index (κ3) is 33.8. The van der Waals surface area contributed by atoms with E-state index in [2.05, 4.69) is 29.1 Å². The molecule has 0 aromatic heterocycles. The lowest BCUT2D eigenvalue weighted by molar-refractivity contribution is -0.0195. The average molecular weight is 1290 g/mol. The van der Waals surface area contributed by atoms with Crippen LogP contribution in [0.15, 0.2) is 91.0 Å². The van der Waals surface area contributed by atoms with E-state index < -0.39 is 36.5 Å². The fourth-order valence-corrected chi connectivity index (χ4v) is 9.40. The van der Waals surface area contributed by atoms with Gasteiger partial charge in [0.2, 0.25) is 12.1 Å². The van der Waals surface area contributed by atoms with Gasteiger partial charge in [-0.1, -0.05) is 43.9 Å². The molecular weight excluding hydrogens is 1180 g/mol. The summed E-state index contributed by atoms with van der Waals surface area (Å²) in [6.45, 7) is 13.9. The predicted octanol–water partition coefficient (Wildman–Crippen LogP) is 4.25. The second kappa shape index (κ2) is 47.9. The first-order valence-corrected chi connectivity index (χ1v) is 31.5. The molecule has 24 heteroatoms. The molecule has 0 heterocycles. The van der Waals surface area contributed by atoms with Crippen LogP contribution in [0, 0.1) is 18.8 Å². The minimum Gasteiger partial charge on any atom is -0.508 e. The Morgan fingerprint density at radius 1 is 0.446 bits per heavy atom. The standard InChI is InChI=1S/C36H53N3O9.C13H21NO3.C9H23N3.C9H10O4.CH3B/c40-21-28-14-25(6-9-31(28)43)34(46)18-37-12-2-1-4-24(17-39-20-36(48)27-8-11-33(45)30(16-27)23-42)5-3-13-38-19-35(47)26-7-10-32(44)29(15-26)22-41;1-13(2,3)14-7-12(17)9-4-5-11(16)10(6-9)8-15;10-6-2-1-4-9(8-12)5-3-7-11;1-5-4-6(2-3-7(5)10)8(11)9(12)13;1-2/h6-11,14-16,24,34-48H,1-5,12-13,17-23H2;4-6,12,14-17H,7-8H2,1-3H3;9H,1-8,10-12H2;2-4,9-10,12-13H,1H3;1H3. The van der Waals surface area contributed by atoms with E-state index in [0.29, 0.717) is 108 Å². The van der Waals surface area contributed by atoms with Crippen LogP contribution in [0.1, 0.15) is 170 Å². The van der Waals surface area contributed by atoms with E-state index in [1.54, 1.807) is 55.5 Å². The molecule has 92 heavy (non-hydrogen) atoms. The van der Waals surface area contributed by atoms with Crippen molar-refractivity contribution in [2.45, 2.75) is 161 Å². The van der Waals surface area contributed by atoms with E-state index in [4.69, 9.17) is 37.6 Å². The largest absolute Gasteiger partial charge is 0.508 e. The molecule has 516 valence electrons. The molecule has 0 bridgehead atoms. The summed E-state index contributed by atoms with van der Waals surface area (Å²) in [7, 11) is 4.50. The zero-order chi connectivity index (χ0) is 69.2. The van der Waals surface area contributed by atoms with Crippen molar-refractivity contribution in [2.24, 2.45) is 29.0 Å². The number of aromatic hydroxyl groups is 5. The van der Waals surface area contributed by atoms with Gasteiger partial charge in [-0.2, -0.15) is 0 Å². The number of hydrogen-bond acceptors (Lipinski definition) is 23. The molecule has 5 rings (SSSR count). The molecule has 0 aliphatic heterocycles. The normalized spacial score (nSPS) is 13.2. The van der Waals surface area contributed by atoms with Gasteiger partial charge in [-0.15, -0.1) is 0 Å². The van der Waals surface area contributed by atoms with E-state index in [1.807, 2.05) is 20.8 Å². The number of benzene rings is 5. The maximum Gasteiger partial charge on any atom is 0.218 e. The Kier molecular flexibility index (Phi) is 43.9. The molecule has 6 atom stereocenters. The Hall–Kier alpha value is -5.85. The van der Waals surface area contributed by atoms with Crippen LogP contribution in [0.25, 0.3) is 0 Å². The predicted molar refractivity (Wildman–Crippen MR) is 360 cm³/mol. The molecule has 0 aliphatic rings. The van der Waals surface area contributed by atoms with Gasteiger partial charge in [0.05, 0.1) is 58.7 Å². The van der Waals surface area contributed by atoms with Crippen LogP contribution in [0.5, 0.6) is 28.7 Å². The zero-order valence-corrected chi connectivity index (χ0v) is 54.6. The lowest BCUT2D eigenvalue weighted by Crippen LogP contribution is -2.38. The molecule has 23 nitrogen and oxygen atoms in total. The van der Waals surface area contributed by atoms with E-state index in [9.17, 15) is 61.0 Å². The number of aliphatic hydroxyl groups is 10. The molecule has 0 saturated heterocycles. The third-order valence-corrected chi connectivity index (χ3v) is 15.0. The molecule has 25 N–H and O–H groups in total. The van der Waals surface area contributed by atoms with Gasteiger partial charge >= 0.3 is 0 Å². The van der Waals surface area contributed by atoms with Crippen LogP contribution in [0.2, 0.25) is 6.82 Å². The number of phenols is 5. The Morgan fingerprint density at radius 2 is 0.804 bits per heavy atom. The van der Waals surface area contributed by atoms with E-state index in [0.717, 1.165) is 64.6 Å². The van der Waals surface area contributed by atoms with Crippen molar-refractivity contribution in [1.29, 1.82) is 0 Å². The number of phenolic OH excluding ortho intramolecular Hbond substituents is 1. The van der Waals surface area contributed by atoms with Crippen LogP contribution in [0.3, 0.4) is 0 Å². The maximum absolute atomic E-state index is 11.0. The minimum absolute atomic E-state index is 0.00375. The third-order valence-electron chi connectivity index (χ3n) is 15.0. The van der Waals surface area contributed by atoms with Gasteiger partial charge < -0.3 is 115 Å². The van der Waals surface area contributed by atoms with Crippen molar-refractivity contribution >= 4 is 13.6 Å². The van der Waals surface area contributed by atoms with Crippen LogP contribution in [0.4, 0.5) is 0 Å². The number of aryl methyl sites for hydroxylation is 1. The topological polar surface area (TPSA) is 447 Å². The molecule has 0 fully saturated rings. The summed E-state index contributed by atoms with van der Waals surface area (Å²) >= 11 is 0. The second-order valence-electron chi connectivity index (χ2n) is 23.5. The van der Waals surface area contributed by atoms with Crippen molar-refractivity contribution in [3.63, 3.8) is 0 Å². The first kappa shape index (κ1) is 84.2. The fraction of sp³-hybridized carbons (Fsp3) is 0.544. The highest BCUT2D eigenvalue weighted by Crippen LogP contribution is 2.27. The molecule has 5 aromatic rings. The molecule has 5 aromatic carbocycles. The second-order valence-corrected chi connectivity index (χ2v) is 23.5. The lowest BCUT2D eigenvalue weighted by Gasteiger charge is -2.23. The number of Topliss-reactive ketones (excluding diaryl/α,β-unsaturated/α-hetero) is 1. The number of β-amino-alcohol motifs (C(OH)–C–C–N with tert-alkyl or cyclic N) is 1. The molecule has 6 unspecified atom stereocenters. The molecular formula is C68H110BN7O16. The quantitative estimate of drug-likeness (QED) is 0.0114. The van der Waals surface area contributed by atoms with Crippen LogP contribution in [-0.2, 0) is 26.4 Å². The minimum atomic E-state index is -2.00. The van der Waals surface area contributed by atoms with Gasteiger partial charge in [-0.05, 0) is 225 Å². The van der Waals surface area contributed by atoms with Crippen molar-refractivity contribution in [3.05, 3.63) is 147 Å². The average Bonchev–Trinajstić information content (AvgIpc) is 1.10. The Bertz CT molecular complexity index is 2780. The Balaban J connectivity index is 0.000000771. The number of carbonyl (C=O) groups excluding carboxylic acids is 1. The number of aliphatic hydroxyl groups excluding tert-OH is 9. The number of carbonyl (C=O) groups is 1. The first-order chi connectivity index (χ1) is 43.9. The van der Waals surface area contributed by atoms with E-state index in [1.165, 1.54) is 68.6 Å². The Labute approximate surface area is 545 Å². The highest BCUT2D eigenvalue weighted by atomic mass is 16.5. The van der Waals surface area contributed by atoms with Gasteiger partial charge in [-0.25, -0.2) is 0 Å². The number of nitrogens with one attached hydrogen (secondary N) is 4. The molecule has 0 amide bonds. The van der Waals surface area contributed by atoms with Crippen LogP contribution < -0.4 is 38.5 Å². The van der Waals surface area contributed by atoms with Gasteiger partial charge in [0.1, 0.15) is 28.7 Å². The first-order valence-electron chi connectivity index (χ1n) is 31.5. The summed E-state index contributed by atoms with van der Waals surface area (Å²) in [5.41, 5.74) is 21.1. The van der Waals surface area contributed by atoms with Gasteiger partial charge in [0, 0.05) is 59.5 Å². The fourth-order valence-electron chi connectivity index (χ4n) is 9.40. The van der Waals surface area contributed by atoms with Gasteiger partial charge in [0.15, 0.2) is 0 Å². The smallest absolute Gasteiger partial charge is 0.218 e. The molecule has 0 spiro atoms. The van der Waals surface area contributed by atoms with Crippen molar-refractivity contribution in [2.75, 3.05) is 65.4 Å². The van der Waals surface area contributed by atoms with Crippen molar-refractivity contribution in [1.82, 2.24) is 21.3 Å². The maximum atomic E-state index is 11.0. The molecule has 0 aliphatic carbocycles. The van der Waals surface area contributed by atoms with E-state index >= 15 is 0 Å². The van der Waals surface area contributed by atoms with E-state index in [-0.39, 0.29) is 66.3 Å². The molecule has 2 radical (unpaired) electrons. The summed E-state index contributed by atoms with van der Waals surface area (Å²) in [4.78, 5) is 11.0. The number of nitrogens with two attached hydrogens (primary N) is 3.